The maximum absolute atomic E-state index is 13.1. The van der Waals surface area contributed by atoms with Crippen LogP contribution in [-0.4, -0.2) is 52.7 Å². The molecule has 0 fully saturated rings. The van der Waals surface area contributed by atoms with E-state index in [-0.39, 0.29) is 20.9 Å². The van der Waals surface area contributed by atoms with Crippen LogP contribution in [0.25, 0.3) is 0 Å². The van der Waals surface area contributed by atoms with E-state index in [0.717, 1.165) is 24.3 Å². The third kappa shape index (κ3) is 6.15. The summed E-state index contributed by atoms with van der Waals surface area (Å²) in [4.78, 5) is 45.2. The van der Waals surface area contributed by atoms with Gasteiger partial charge in [0.1, 0.15) is 0 Å². The van der Waals surface area contributed by atoms with E-state index < -0.39 is 44.8 Å². The molecule has 0 aliphatic heterocycles. The number of rotatable bonds is 10. The molecule has 0 aliphatic rings. The van der Waals surface area contributed by atoms with Crippen LogP contribution in [0.5, 0.6) is 0 Å². The van der Waals surface area contributed by atoms with Crippen molar-refractivity contribution in [2.24, 2.45) is 0 Å². The van der Waals surface area contributed by atoms with Gasteiger partial charge in [-0.05, 0) is 84.9 Å². The molecule has 0 spiro atoms. The van der Waals surface area contributed by atoms with Gasteiger partial charge in [-0.15, -0.1) is 0 Å². The quantitative estimate of drug-likeness (QED) is 0.150. The number of carboxylic acid groups (broad SMARTS) is 4. The second kappa shape index (κ2) is 11.2. The zero-order valence-electron chi connectivity index (χ0n) is 20.7. The first-order valence-corrected chi connectivity index (χ1v) is 13.1. The summed E-state index contributed by atoms with van der Waals surface area (Å²) >= 11 is 0. The Bertz CT molecular complexity index is 1670. The van der Waals surface area contributed by atoms with Crippen molar-refractivity contribution < 1.29 is 48.0 Å². The highest BCUT2D eigenvalue weighted by molar-refractivity contribution is 7.91. The summed E-state index contributed by atoms with van der Waals surface area (Å²) in [6.07, 6.45) is 0. The number of anilines is 4. The van der Waals surface area contributed by atoms with Gasteiger partial charge in [0.05, 0.1) is 32.0 Å². The molecule has 13 heteroatoms. The monoisotopic (exact) mass is 576 g/mol. The maximum Gasteiger partial charge on any atom is 0.336 e. The van der Waals surface area contributed by atoms with Crippen LogP contribution in [-0.2, 0) is 9.84 Å². The highest BCUT2D eigenvalue weighted by atomic mass is 32.2. The van der Waals surface area contributed by atoms with Crippen molar-refractivity contribution in [3.05, 3.63) is 107 Å². The summed E-state index contributed by atoms with van der Waals surface area (Å²) < 4.78 is 26.3. The van der Waals surface area contributed by atoms with Crippen LogP contribution in [0.15, 0.2) is 94.7 Å². The Labute approximate surface area is 232 Å². The molecule has 0 saturated heterocycles. The minimum atomic E-state index is -3.93. The Morgan fingerprint density at radius 1 is 0.439 bits per heavy atom. The third-order valence-electron chi connectivity index (χ3n) is 5.87. The fourth-order valence-electron chi connectivity index (χ4n) is 3.88. The average Bonchev–Trinajstić information content (AvgIpc) is 2.93. The molecule has 0 heterocycles. The molecule has 0 unspecified atom stereocenters. The zero-order valence-corrected chi connectivity index (χ0v) is 21.5. The second-order valence-electron chi connectivity index (χ2n) is 8.54. The van der Waals surface area contributed by atoms with Crippen molar-refractivity contribution in [2.75, 3.05) is 10.6 Å². The van der Waals surface area contributed by atoms with Crippen molar-refractivity contribution in [1.82, 2.24) is 0 Å². The molecule has 0 radical (unpaired) electrons. The molecule has 208 valence electrons. The van der Waals surface area contributed by atoms with Crippen LogP contribution in [0.1, 0.15) is 41.4 Å². The summed E-state index contributed by atoms with van der Waals surface area (Å²) in [6.45, 7) is 0. The van der Waals surface area contributed by atoms with Crippen LogP contribution in [0, 0.1) is 0 Å². The van der Waals surface area contributed by atoms with Gasteiger partial charge in [-0.3, -0.25) is 0 Å². The largest absolute Gasteiger partial charge is 0.478 e. The first-order valence-electron chi connectivity index (χ1n) is 11.6. The van der Waals surface area contributed by atoms with Gasteiger partial charge in [-0.1, -0.05) is 0 Å². The molecule has 0 saturated carbocycles. The first kappa shape index (κ1) is 28.3. The van der Waals surface area contributed by atoms with Crippen molar-refractivity contribution in [2.45, 2.75) is 9.79 Å². The van der Waals surface area contributed by atoms with Crippen molar-refractivity contribution >= 4 is 56.5 Å². The van der Waals surface area contributed by atoms with Gasteiger partial charge in [0.2, 0.25) is 9.84 Å². The van der Waals surface area contributed by atoms with E-state index in [0.29, 0.717) is 22.7 Å². The third-order valence-corrected chi connectivity index (χ3v) is 7.65. The average molecular weight is 577 g/mol. The van der Waals surface area contributed by atoms with E-state index in [4.69, 9.17) is 10.2 Å². The van der Waals surface area contributed by atoms with Gasteiger partial charge in [0.15, 0.2) is 0 Å². The minimum absolute atomic E-state index is 0.0217. The maximum atomic E-state index is 13.1. The fourth-order valence-corrected chi connectivity index (χ4v) is 5.14. The van der Waals surface area contributed by atoms with Gasteiger partial charge >= 0.3 is 23.9 Å². The molecule has 6 N–H and O–H groups in total. The van der Waals surface area contributed by atoms with Crippen LogP contribution in [0.3, 0.4) is 0 Å². The highest BCUT2D eigenvalue weighted by Crippen LogP contribution is 2.27. The smallest absolute Gasteiger partial charge is 0.336 e. The van der Waals surface area contributed by atoms with E-state index in [1.54, 1.807) is 0 Å². The Morgan fingerprint density at radius 3 is 1.02 bits per heavy atom. The van der Waals surface area contributed by atoms with Crippen LogP contribution in [0.2, 0.25) is 0 Å². The molecule has 4 aromatic carbocycles. The summed E-state index contributed by atoms with van der Waals surface area (Å²) in [5.41, 5.74) is -0.106. The van der Waals surface area contributed by atoms with Crippen LogP contribution >= 0.6 is 0 Å². The molecule has 12 nitrogen and oxygen atoms in total. The van der Waals surface area contributed by atoms with E-state index in [1.165, 1.54) is 60.7 Å². The van der Waals surface area contributed by atoms with E-state index >= 15 is 0 Å². The highest BCUT2D eigenvalue weighted by Gasteiger charge is 2.20. The number of benzene rings is 4. The topological polar surface area (TPSA) is 207 Å². The fraction of sp³-hybridized carbons (Fsp3) is 0. The summed E-state index contributed by atoms with van der Waals surface area (Å²) in [5.74, 6) is -5.58. The molecule has 4 rings (SSSR count). The van der Waals surface area contributed by atoms with Crippen molar-refractivity contribution in [3.8, 4) is 0 Å². The zero-order chi connectivity index (χ0) is 29.9. The van der Waals surface area contributed by atoms with Crippen molar-refractivity contribution in [1.29, 1.82) is 0 Å². The molecular formula is C28H20N2O10S. The van der Waals surface area contributed by atoms with Gasteiger partial charge in [0, 0.05) is 22.7 Å². The lowest BCUT2D eigenvalue weighted by molar-refractivity contribution is 0.0651. The molecule has 4 aromatic rings. The lowest BCUT2D eigenvalue weighted by Gasteiger charge is -2.11. The predicted molar refractivity (Wildman–Crippen MR) is 146 cm³/mol. The van der Waals surface area contributed by atoms with E-state index in [9.17, 15) is 37.8 Å². The number of sulfone groups is 1. The first-order chi connectivity index (χ1) is 19.4. The van der Waals surface area contributed by atoms with E-state index in [1.807, 2.05) is 0 Å². The van der Waals surface area contributed by atoms with Crippen LogP contribution in [0.4, 0.5) is 22.7 Å². The number of nitrogens with one attached hydrogen (secondary N) is 2. The minimum Gasteiger partial charge on any atom is -0.478 e. The number of carbonyl (C=O) groups is 4. The van der Waals surface area contributed by atoms with Gasteiger partial charge < -0.3 is 31.1 Å². The predicted octanol–water partition coefficient (Wildman–Crippen LogP) is 4.80. The molecule has 0 aliphatic carbocycles. The van der Waals surface area contributed by atoms with Crippen LogP contribution < -0.4 is 10.6 Å². The molecule has 0 atom stereocenters. The lowest BCUT2D eigenvalue weighted by atomic mass is 10.1. The van der Waals surface area contributed by atoms with Gasteiger partial charge in [-0.25, -0.2) is 27.6 Å². The summed E-state index contributed by atoms with van der Waals surface area (Å²) in [7, 11) is -3.93. The molecular weight excluding hydrogens is 556 g/mol. The lowest BCUT2D eigenvalue weighted by Crippen LogP contribution is -2.08. The standard InChI is InChI=1S/C28H20N2O10S/c31-25(32)21-11-5-17(13-23(21)27(35)36)29-15-1-7-19(8-2-15)41(39,40)20-9-3-16(4-10-20)30-18-6-12-22(26(33)34)24(14-18)28(37)38/h1-14,29-30H,(H,31,32)(H,33,34)(H,35,36)(H,37,38). The number of aromatic carboxylic acids is 4. The Balaban J connectivity index is 1.50. The summed E-state index contributed by atoms with van der Waals surface area (Å²) in [6, 6.07) is 18.7. The molecule has 0 amide bonds. The summed E-state index contributed by atoms with van der Waals surface area (Å²) in [5, 5.41) is 42.7. The number of carboxylic acids is 4. The Morgan fingerprint density at radius 2 is 0.732 bits per heavy atom. The molecule has 41 heavy (non-hydrogen) atoms. The van der Waals surface area contributed by atoms with Gasteiger partial charge in [-0.2, -0.15) is 0 Å². The Kier molecular flexibility index (Phi) is 7.73. The second-order valence-corrected chi connectivity index (χ2v) is 10.5. The normalized spacial score (nSPS) is 10.9. The van der Waals surface area contributed by atoms with Crippen molar-refractivity contribution in [3.63, 3.8) is 0 Å². The molecule has 0 bridgehead atoms. The number of hydrogen-bond acceptors (Lipinski definition) is 8. The Hall–Kier alpha value is -5.69. The number of hydrogen-bond donors (Lipinski definition) is 6. The van der Waals surface area contributed by atoms with Gasteiger partial charge in [0.25, 0.3) is 0 Å². The van der Waals surface area contributed by atoms with E-state index in [2.05, 4.69) is 10.6 Å². The SMILES string of the molecule is O=C(O)c1ccc(Nc2ccc(S(=O)(=O)c3ccc(Nc4ccc(C(=O)O)c(C(=O)O)c4)cc3)cc2)cc1C(=O)O. The molecule has 0 aromatic heterocycles.